The summed E-state index contributed by atoms with van der Waals surface area (Å²) in [6.45, 7) is 1.08. The summed E-state index contributed by atoms with van der Waals surface area (Å²) in [6, 6.07) is 15.2. The second-order valence-electron chi connectivity index (χ2n) is 8.62. The summed E-state index contributed by atoms with van der Waals surface area (Å²) in [4.78, 5) is 26.5. The van der Waals surface area contributed by atoms with Crippen LogP contribution in [-0.4, -0.2) is 31.6 Å². The molecule has 0 aromatic heterocycles. The summed E-state index contributed by atoms with van der Waals surface area (Å²) in [6.07, 6.45) is 8.64. The number of ether oxygens (including phenoxy) is 2. The summed E-state index contributed by atoms with van der Waals surface area (Å²) < 4.78 is 11.4. The van der Waals surface area contributed by atoms with Gasteiger partial charge in [0.05, 0.1) is 12.3 Å². The predicted molar refractivity (Wildman–Crippen MR) is 125 cm³/mol. The Hall–Kier alpha value is -3.02. The molecule has 1 aliphatic heterocycles. The van der Waals surface area contributed by atoms with Crippen molar-refractivity contribution in [2.75, 3.05) is 30.0 Å². The van der Waals surface area contributed by atoms with Crippen molar-refractivity contribution in [3.8, 4) is 11.5 Å². The number of anilines is 2. The van der Waals surface area contributed by atoms with E-state index in [0.717, 1.165) is 17.9 Å². The van der Waals surface area contributed by atoms with Gasteiger partial charge < -0.3 is 19.7 Å². The summed E-state index contributed by atoms with van der Waals surface area (Å²) >= 11 is 0. The van der Waals surface area contributed by atoms with Crippen LogP contribution < -0.4 is 19.7 Å². The smallest absolute Gasteiger partial charge is 0.265 e. The van der Waals surface area contributed by atoms with E-state index in [-0.39, 0.29) is 18.4 Å². The first-order valence-corrected chi connectivity index (χ1v) is 11.7. The molecule has 0 atom stereocenters. The lowest BCUT2D eigenvalue weighted by molar-refractivity contribution is -0.121. The molecule has 0 radical (unpaired) electrons. The fourth-order valence-electron chi connectivity index (χ4n) is 4.49. The van der Waals surface area contributed by atoms with Crippen LogP contribution in [0, 0.1) is 5.92 Å². The molecule has 0 saturated heterocycles. The van der Waals surface area contributed by atoms with E-state index in [0.29, 0.717) is 43.3 Å². The van der Waals surface area contributed by atoms with E-state index in [2.05, 4.69) is 5.32 Å². The molecule has 4 rings (SSSR count). The van der Waals surface area contributed by atoms with Gasteiger partial charge >= 0.3 is 0 Å². The van der Waals surface area contributed by atoms with Crippen LogP contribution in [-0.2, 0) is 9.59 Å². The van der Waals surface area contributed by atoms with Crippen molar-refractivity contribution in [1.29, 1.82) is 0 Å². The number of carbonyl (C=O) groups excluding carboxylic acids is 2. The number of fused-ring (bicyclic) bond motifs is 1. The molecule has 1 aliphatic carbocycles. The molecule has 0 spiro atoms. The van der Waals surface area contributed by atoms with Gasteiger partial charge in [-0.15, -0.1) is 0 Å². The lowest BCUT2D eigenvalue weighted by Crippen LogP contribution is -2.39. The van der Waals surface area contributed by atoms with Crippen molar-refractivity contribution >= 4 is 23.2 Å². The Balaban J connectivity index is 1.29. The standard InChI is InChI=1S/C26H32N2O4/c29-25(15-12-20-8-3-1-4-9-20)27-21-13-14-23-24(18-21)32-19-26(30)28(23)16-7-17-31-22-10-5-2-6-11-22/h2,5-6,10-11,13-14,18,20H,1,3-4,7-9,12,15-17,19H2,(H,27,29). The average Bonchev–Trinajstić information content (AvgIpc) is 2.83. The molecule has 32 heavy (non-hydrogen) atoms. The SMILES string of the molecule is O=C(CCC1CCCCC1)Nc1ccc2c(c1)OCC(=O)N2CCCOc1ccccc1. The summed E-state index contributed by atoms with van der Waals surface area (Å²) in [5.74, 6) is 2.11. The number of nitrogens with one attached hydrogen (secondary N) is 1. The van der Waals surface area contributed by atoms with Crippen LogP contribution in [0.5, 0.6) is 11.5 Å². The summed E-state index contributed by atoms with van der Waals surface area (Å²) in [5.41, 5.74) is 1.44. The number of para-hydroxylation sites is 1. The van der Waals surface area contributed by atoms with Crippen molar-refractivity contribution in [1.82, 2.24) is 0 Å². The van der Waals surface area contributed by atoms with Gasteiger partial charge in [-0.25, -0.2) is 0 Å². The van der Waals surface area contributed by atoms with Crippen molar-refractivity contribution in [2.24, 2.45) is 5.92 Å². The maximum Gasteiger partial charge on any atom is 0.265 e. The molecule has 2 aromatic carbocycles. The van der Waals surface area contributed by atoms with E-state index in [1.54, 1.807) is 4.90 Å². The van der Waals surface area contributed by atoms with E-state index < -0.39 is 0 Å². The fourth-order valence-corrected chi connectivity index (χ4v) is 4.49. The van der Waals surface area contributed by atoms with Gasteiger partial charge in [0.1, 0.15) is 11.5 Å². The first-order valence-electron chi connectivity index (χ1n) is 11.7. The number of rotatable bonds is 9. The van der Waals surface area contributed by atoms with E-state index in [1.165, 1.54) is 32.1 Å². The molecule has 1 heterocycles. The Labute approximate surface area is 189 Å². The number of benzene rings is 2. The largest absolute Gasteiger partial charge is 0.494 e. The van der Waals surface area contributed by atoms with Gasteiger partial charge in [0.2, 0.25) is 5.91 Å². The van der Waals surface area contributed by atoms with Crippen LogP contribution in [0.4, 0.5) is 11.4 Å². The highest BCUT2D eigenvalue weighted by Gasteiger charge is 2.25. The zero-order valence-corrected chi connectivity index (χ0v) is 18.6. The molecule has 6 heteroatoms. The molecule has 1 N–H and O–H groups in total. The van der Waals surface area contributed by atoms with Crippen molar-refractivity contribution < 1.29 is 19.1 Å². The zero-order valence-electron chi connectivity index (χ0n) is 18.6. The van der Waals surface area contributed by atoms with Crippen molar-refractivity contribution in [2.45, 2.75) is 51.4 Å². The third-order valence-corrected chi connectivity index (χ3v) is 6.23. The molecular weight excluding hydrogens is 404 g/mol. The zero-order chi connectivity index (χ0) is 22.2. The number of hydrogen-bond acceptors (Lipinski definition) is 4. The van der Waals surface area contributed by atoms with Crippen molar-refractivity contribution in [3.05, 3.63) is 48.5 Å². The number of carbonyl (C=O) groups is 2. The Morgan fingerprint density at radius 3 is 2.72 bits per heavy atom. The second-order valence-corrected chi connectivity index (χ2v) is 8.62. The molecule has 1 fully saturated rings. The second kappa shape index (κ2) is 11.0. The fraction of sp³-hybridized carbons (Fsp3) is 0.462. The predicted octanol–water partition coefficient (Wildman–Crippen LogP) is 5.18. The Morgan fingerprint density at radius 2 is 1.91 bits per heavy atom. The van der Waals surface area contributed by atoms with Crippen LogP contribution in [0.15, 0.2) is 48.5 Å². The molecule has 1 saturated carbocycles. The highest BCUT2D eigenvalue weighted by molar-refractivity contribution is 5.99. The summed E-state index contributed by atoms with van der Waals surface area (Å²) in [5, 5.41) is 2.99. The van der Waals surface area contributed by atoms with Crippen LogP contribution >= 0.6 is 0 Å². The third kappa shape index (κ3) is 6.02. The lowest BCUT2D eigenvalue weighted by atomic mass is 9.86. The highest BCUT2D eigenvalue weighted by Crippen LogP contribution is 2.35. The first-order chi connectivity index (χ1) is 15.7. The number of hydrogen-bond donors (Lipinski definition) is 1. The van der Waals surface area contributed by atoms with Gasteiger partial charge in [-0.3, -0.25) is 9.59 Å². The quantitative estimate of drug-likeness (QED) is 0.550. The molecule has 0 bridgehead atoms. The highest BCUT2D eigenvalue weighted by atomic mass is 16.5. The molecular formula is C26H32N2O4. The first kappa shape index (κ1) is 22.2. The van der Waals surface area contributed by atoms with Crippen LogP contribution in [0.1, 0.15) is 51.4 Å². The monoisotopic (exact) mass is 436 g/mol. The van der Waals surface area contributed by atoms with Crippen LogP contribution in [0.3, 0.4) is 0 Å². The number of nitrogens with zero attached hydrogens (tertiary/aromatic N) is 1. The van der Waals surface area contributed by atoms with E-state index in [4.69, 9.17) is 9.47 Å². The minimum absolute atomic E-state index is 0.00558. The molecule has 2 aromatic rings. The Morgan fingerprint density at radius 1 is 1.09 bits per heavy atom. The van der Waals surface area contributed by atoms with Crippen LogP contribution in [0.25, 0.3) is 0 Å². The van der Waals surface area contributed by atoms with Gasteiger partial charge in [-0.1, -0.05) is 50.3 Å². The van der Waals surface area contributed by atoms with Gasteiger partial charge in [-0.05, 0) is 43.0 Å². The Kier molecular flexibility index (Phi) is 7.64. The topological polar surface area (TPSA) is 67.9 Å². The Bertz CT molecular complexity index is 909. The van der Waals surface area contributed by atoms with Gasteiger partial charge in [0.15, 0.2) is 6.61 Å². The average molecular weight is 437 g/mol. The van der Waals surface area contributed by atoms with Crippen molar-refractivity contribution in [3.63, 3.8) is 0 Å². The maximum atomic E-state index is 12.4. The minimum Gasteiger partial charge on any atom is -0.494 e. The van der Waals surface area contributed by atoms with E-state index in [9.17, 15) is 9.59 Å². The maximum absolute atomic E-state index is 12.4. The van der Waals surface area contributed by atoms with E-state index >= 15 is 0 Å². The molecule has 0 unspecified atom stereocenters. The molecule has 170 valence electrons. The summed E-state index contributed by atoms with van der Waals surface area (Å²) in [7, 11) is 0. The van der Waals surface area contributed by atoms with Gasteiger partial charge in [0.25, 0.3) is 5.91 Å². The number of amides is 2. The minimum atomic E-state index is -0.0681. The van der Waals surface area contributed by atoms with E-state index in [1.807, 2.05) is 48.5 Å². The van der Waals surface area contributed by atoms with Crippen LogP contribution in [0.2, 0.25) is 0 Å². The third-order valence-electron chi connectivity index (χ3n) is 6.23. The molecule has 6 nitrogen and oxygen atoms in total. The lowest BCUT2D eigenvalue weighted by Gasteiger charge is -2.29. The molecule has 2 aliphatic rings. The normalized spacial score (nSPS) is 16.2. The van der Waals surface area contributed by atoms with Gasteiger partial charge in [0, 0.05) is 24.7 Å². The van der Waals surface area contributed by atoms with Gasteiger partial charge in [-0.2, -0.15) is 0 Å². The molecule has 2 amide bonds.